The van der Waals surface area contributed by atoms with E-state index in [1.807, 2.05) is 25.1 Å². The molecule has 0 saturated carbocycles. The molecule has 4 aromatic rings. The second-order valence-corrected chi connectivity index (χ2v) is 6.95. The molecular weight excluding hydrogens is 399 g/mol. The van der Waals surface area contributed by atoms with E-state index < -0.39 is 17.6 Å². The summed E-state index contributed by atoms with van der Waals surface area (Å²) in [5, 5.41) is 13.1. The lowest BCUT2D eigenvalue weighted by atomic mass is 10.1. The zero-order valence-corrected chi connectivity index (χ0v) is 16.8. The third-order valence-corrected chi connectivity index (χ3v) is 4.73. The number of hydrogen-bond acceptors (Lipinski definition) is 4. The van der Waals surface area contributed by atoms with E-state index in [9.17, 15) is 14.0 Å². The molecule has 2 amide bonds. The number of amides is 2. The second kappa shape index (κ2) is 8.27. The van der Waals surface area contributed by atoms with Crippen molar-refractivity contribution < 1.29 is 18.7 Å². The van der Waals surface area contributed by atoms with Gasteiger partial charge in [0.15, 0.2) is 5.69 Å². The van der Waals surface area contributed by atoms with Crippen molar-refractivity contribution in [3.8, 4) is 5.75 Å². The van der Waals surface area contributed by atoms with Gasteiger partial charge in [-0.2, -0.15) is 5.10 Å². The number of H-pyrrole nitrogens is 1. The summed E-state index contributed by atoms with van der Waals surface area (Å²) in [6.07, 6.45) is 0. The Kier molecular flexibility index (Phi) is 5.36. The summed E-state index contributed by atoms with van der Waals surface area (Å²) in [5.74, 6) is -1.02. The average Bonchev–Trinajstić information content (AvgIpc) is 3.17. The third kappa shape index (κ3) is 4.23. The minimum Gasteiger partial charge on any atom is -0.495 e. The first-order valence-corrected chi connectivity index (χ1v) is 9.45. The maximum absolute atomic E-state index is 13.4. The summed E-state index contributed by atoms with van der Waals surface area (Å²) in [6, 6.07) is 15.8. The van der Waals surface area contributed by atoms with E-state index in [1.54, 1.807) is 18.2 Å². The van der Waals surface area contributed by atoms with Gasteiger partial charge in [0, 0.05) is 16.6 Å². The lowest BCUT2D eigenvalue weighted by Gasteiger charge is -2.13. The van der Waals surface area contributed by atoms with Crippen molar-refractivity contribution in [3.63, 3.8) is 0 Å². The Morgan fingerprint density at radius 3 is 2.61 bits per heavy atom. The highest BCUT2D eigenvalue weighted by Gasteiger charge is 2.16. The van der Waals surface area contributed by atoms with Crippen LogP contribution in [0.5, 0.6) is 5.75 Å². The maximum atomic E-state index is 13.4. The van der Waals surface area contributed by atoms with E-state index in [1.165, 1.54) is 25.3 Å². The van der Waals surface area contributed by atoms with E-state index >= 15 is 0 Å². The lowest BCUT2D eigenvalue weighted by Crippen LogP contribution is -2.15. The molecule has 0 fully saturated rings. The topological polar surface area (TPSA) is 96.1 Å². The van der Waals surface area contributed by atoms with Gasteiger partial charge >= 0.3 is 0 Å². The van der Waals surface area contributed by atoms with Gasteiger partial charge in [0.2, 0.25) is 0 Å². The predicted octanol–water partition coefficient (Wildman–Crippen LogP) is 4.52. The van der Waals surface area contributed by atoms with Crippen molar-refractivity contribution in [2.45, 2.75) is 6.92 Å². The molecule has 0 saturated heterocycles. The number of aromatic nitrogens is 2. The van der Waals surface area contributed by atoms with E-state index in [0.717, 1.165) is 17.1 Å². The van der Waals surface area contributed by atoms with Crippen LogP contribution in [0.25, 0.3) is 10.9 Å². The van der Waals surface area contributed by atoms with Gasteiger partial charge < -0.3 is 15.4 Å². The smallest absolute Gasteiger partial charge is 0.276 e. The Labute approximate surface area is 177 Å². The van der Waals surface area contributed by atoms with E-state index in [4.69, 9.17) is 4.74 Å². The van der Waals surface area contributed by atoms with Crippen LogP contribution in [0, 0.1) is 12.7 Å². The fourth-order valence-electron chi connectivity index (χ4n) is 3.20. The summed E-state index contributed by atoms with van der Waals surface area (Å²) >= 11 is 0. The van der Waals surface area contributed by atoms with Gasteiger partial charge in [0.1, 0.15) is 11.6 Å². The number of nitrogens with one attached hydrogen (secondary N) is 3. The van der Waals surface area contributed by atoms with Crippen molar-refractivity contribution in [2.24, 2.45) is 0 Å². The summed E-state index contributed by atoms with van der Waals surface area (Å²) in [5.41, 5.74) is 2.96. The van der Waals surface area contributed by atoms with Gasteiger partial charge in [-0.1, -0.05) is 17.7 Å². The average molecular weight is 418 g/mol. The molecule has 0 spiro atoms. The fraction of sp³-hybridized carbons (Fsp3) is 0.0870. The van der Waals surface area contributed by atoms with Crippen LogP contribution < -0.4 is 15.4 Å². The number of rotatable bonds is 5. The summed E-state index contributed by atoms with van der Waals surface area (Å²) in [6.45, 7) is 1.94. The van der Waals surface area contributed by atoms with Gasteiger partial charge in [-0.3, -0.25) is 14.7 Å². The number of methoxy groups -OCH3 is 1. The van der Waals surface area contributed by atoms with Crippen LogP contribution in [0.15, 0.2) is 60.7 Å². The van der Waals surface area contributed by atoms with E-state index in [0.29, 0.717) is 22.5 Å². The summed E-state index contributed by atoms with van der Waals surface area (Å²) in [7, 11) is 1.46. The zero-order chi connectivity index (χ0) is 22.0. The molecule has 0 atom stereocenters. The number of fused-ring (bicyclic) bond motifs is 1. The Morgan fingerprint density at radius 2 is 1.84 bits per heavy atom. The minimum atomic E-state index is -0.512. The van der Waals surface area contributed by atoms with Gasteiger partial charge in [-0.15, -0.1) is 0 Å². The second-order valence-electron chi connectivity index (χ2n) is 6.95. The molecule has 0 aliphatic carbocycles. The first-order chi connectivity index (χ1) is 14.9. The van der Waals surface area contributed by atoms with Crippen LogP contribution in [0.3, 0.4) is 0 Å². The summed E-state index contributed by atoms with van der Waals surface area (Å²) in [4.78, 5) is 25.3. The lowest BCUT2D eigenvalue weighted by molar-refractivity contribution is 0.101. The molecule has 3 N–H and O–H groups in total. The number of ether oxygens (including phenoxy) is 1. The maximum Gasteiger partial charge on any atom is 0.276 e. The molecule has 156 valence electrons. The highest BCUT2D eigenvalue weighted by atomic mass is 19.1. The Hall–Kier alpha value is -4.20. The quantitative estimate of drug-likeness (QED) is 0.444. The van der Waals surface area contributed by atoms with Crippen LogP contribution in [-0.2, 0) is 0 Å². The summed E-state index contributed by atoms with van der Waals surface area (Å²) < 4.78 is 18.7. The molecule has 1 heterocycles. The van der Waals surface area contributed by atoms with Crippen LogP contribution in [0.4, 0.5) is 15.8 Å². The van der Waals surface area contributed by atoms with E-state index in [-0.39, 0.29) is 11.3 Å². The Bertz CT molecular complexity index is 1300. The van der Waals surface area contributed by atoms with Gasteiger partial charge in [0.25, 0.3) is 11.8 Å². The number of carbonyl (C=O) groups excluding carboxylic acids is 2. The number of benzene rings is 3. The first kappa shape index (κ1) is 20.1. The molecule has 0 unspecified atom stereocenters. The monoisotopic (exact) mass is 418 g/mol. The normalized spacial score (nSPS) is 10.7. The zero-order valence-electron chi connectivity index (χ0n) is 16.8. The fourth-order valence-corrected chi connectivity index (χ4v) is 3.20. The highest BCUT2D eigenvalue weighted by molar-refractivity contribution is 6.11. The highest BCUT2D eigenvalue weighted by Crippen LogP contribution is 2.29. The Morgan fingerprint density at radius 1 is 1.00 bits per heavy atom. The number of halogens is 1. The van der Waals surface area contributed by atoms with Crippen LogP contribution in [-0.4, -0.2) is 29.1 Å². The van der Waals surface area contributed by atoms with E-state index in [2.05, 4.69) is 20.8 Å². The van der Waals surface area contributed by atoms with Crippen molar-refractivity contribution in [3.05, 3.63) is 83.3 Å². The van der Waals surface area contributed by atoms with Crippen LogP contribution in [0.1, 0.15) is 26.4 Å². The molecular formula is C23H19FN4O3. The van der Waals surface area contributed by atoms with Crippen molar-refractivity contribution in [2.75, 3.05) is 17.7 Å². The van der Waals surface area contributed by atoms with Gasteiger partial charge in [-0.05, 0) is 55.5 Å². The molecule has 31 heavy (non-hydrogen) atoms. The number of anilines is 2. The molecule has 0 aliphatic rings. The number of aryl methyl sites for hydroxylation is 1. The standard InChI is InChI=1S/C23H19FN4O3/c1-13-6-8-18-17(10-13)21(28-27-18)23(30)25-16-7-9-20(31-2)19(12-16)26-22(29)14-4-3-5-15(24)11-14/h3-12H,1-2H3,(H,25,30)(H,26,29)(H,27,28). The van der Waals surface area contributed by atoms with Crippen molar-refractivity contribution >= 4 is 34.1 Å². The molecule has 0 aliphatic heterocycles. The Balaban J connectivity index is 1.58. The van der Waals surface area contributed by atoms with Crippen molar-refractivity contribution in [1.82, 2.24) is 10.2 Å². The number of nitrogens with zero attached hydrogens (tertiary/aromatic N) is 1. The van der Waals surface area contributed by atoms with Crippen molar-refractivity contribution in [1.29, 1.82) is 0 Å². The number of hydrogen-bond donors (Lipinski definition) is 3. The molecule has 4 rings (SSSR count). The van der Waals surface area contributed by atoms with Gasteiger partial charge in [-0.25, -0.2) is 4.39 Å². The van der Waals surface area contributed by atoms with Crippen LogP contribution in [0.2, 0.25) is 0 Å². The first-order valence-electron chi connectivity index (χ1n) is 9.45. The minimum absolute atomic E-state index is 0.162. The molecule has 1 aromatic heterocycles. The molecule has 7 nitrogen and oxygen atoms in total. The largest absolute Gasteiger partial charge is 0.495 e. The molecule has 8 heteroatoms. The number of aromatic amines is 1. The molecule has 3 aromatic carbocycles. The third-order valence-electron chi connectivity index (χ3n) is 4.73. The SMILES string of the molecule is COc1ccc(NC(=O)c2n[nH]c3ccc(C)cc23)cc1NC(=O)c1cccc(F)c1. The number of carbonyl (C=O) groups is 2. The molecule has 0 bridgehead atoms. The predicted molar refractivity (Wildman–Crippen MR) is 116 cm³/mol. The van der Waals surface area contributed by atoms with Gasteiger partial charge in [0.05, 0.1) is 18.3 Å². The van der Waals surface area contributed by atoms with Crippen LogP contribution >= 0.6 is 0 Å². The molecule has 0 radical (unpaired) electrons.